The van der Waals surface area contributed by atoms with Crippen molar-refractivity contribution in [3.63, 3.8) is 0 Å². The number of aliphatic hydroxyl groups excluding tert-OH is 1. The maximum absolute atomic E-state index is 13.1. The van der Waals surface area contributed by atoms with Gasteiger partial charge >= 0.3 is 0 Å². The van der Waals surface area contributed by atoms with E-state index in [0.29, 0.717) is 0 Å². The fourth-order valence-electron chi connectivity index (χ4n) is 3.87. The summed E-state index contributed by atoms with van der Waals surface area (Å²) in [6, 6.07) is 6.40. The number of hydrogen-bond donors (Lipinski definition) is 1. The van der Waals surface area contributed by atoms with Crippen LogP contribution < -0.4 is 0 Å². The number of halogens is 1. The lowest BCUT2D eigenvalue weighted by molar-refractivity contribution is 0.129. The quantitative estimate of drug-likeness (QED) is 0.921. The summed E-state index contributed by atoms with van der Waals surface area (Å²) >= 11 is 0. The Bertz CT molecular complexity index is 732. The van der Waals surface area contributed by atoms with Crippen LogP contribution in [0, 0.1) is 11.2 Å². The number of benzene rings is 1. The molecule has 0 radical (unpaired) electrons. The van der Waals surface area contributed by atoms with Gasteiger partial charge in [0.1, 0.15) is 5.82 Å². The third-order valence-electron chi connectivity index (χ3n) is 5.13. The van der Waals surface area contributed by atoms with E-state index in [1.54, 1.807) is 12.1 Å². The van der Waals surface area contributed by atoms with Gasteiger partial charge in [0, 0.05) is 5.41 Å². The minimum atomic E-state index is -0.241. The van der Waals surface area contributed by atoms with E-state index in [9.17, 15) is 9.50 Å². The molecule has 2 aliphatic carbocycles. The third kappa shape index (κ3) is 2.02. The molecule has 114 valence electrons. The average molecular weight is 298 g/mol. The topological polar surface area (TPSA) is 38.1 Å². The summed E-state index contributed by atoms with van der Waals surface area (Å²) in [5, 5.41) is 14.4. The van der Waals surface area contributed by atoms with Crippen LogP contribution in [0.5, 0.6) is 0 Å². The second-order valence-corrected chi connectivity index (χ2v) is 6.44. The molecule has 4 heteroatoms. The molecule has 0 aliphatic heterocycles. The molecule has 2 aliphatic rings. The molecule has 0 bridgehead atoms. The van der Waals surface area contributed by atoms with Gasteiger partial charge in [-0.05, 0) is 61.6 Å². The number of hydrogen-bond acceptors (Lipinski definition) is 2. The summed E-state index contributed by atoms with van der Waals surface area (Å²) < 4.78 is 15.0. The highest BCUT2D eigenvalue weighted by Crippen LogP contribution is 2.47. The minimum absolute atomic E-state index is 0.0814. The normalized spacial score (nSPS) is 23.6. The van der Waals surface area contributed by atoms with Crippen molar-refractivity contribution in [1.82, 2.24) is 9.78 Å². The minimum Gasteiger partial charge on any atom is -0.395 e. The zero-order valence-electron chi connectivity index (χ0n) is 12.4. The Balaban J connectivity index is 1.80. The van der Waals surface area contributed by atoms with Crippen LogP contribution in [0.4, 0.5) is 4.39 Å². The van der Waals surface area contributed by atoms with Gasteiger partial charge in [-0.2, -0.15) is 5.10 Å². The van der Waals surface area contributed by atoms with Crippen LogP contribution in [0.3, 0.4) is 0 Å². The van der Waals surface area contributed by atoms with Crippen LogP contribution >= 0.6 is 0 Å². The molecule has 1 unspecified atom stereocenters. The van der Waals surface area contributed by atoms with E-state index in [0.717, 1.165) is 30.6 Å². The zero-order valence-corrected chi connectivity index (χ0v) is 12.4. The summed E-state index contributed by atoms with van der Waals surface area (Å²) in [5.41, 5.74) is 4.38. The van der Waals surface area contributed by atoms with E-state index in [4.69, 9.17) is 0 Å². The van der Waals surface area contributed by atoms with Gasteiger partial charge < -0.3 is 5.11 Å². The Morgan fingerprint density at radius 2 is 2.05 bits per heavy atom. The van der Waals surface area contributed by atoms with E-state index in [2.05, 4.69) is 11.2 Å². The van der Waals surface area contributed by atoms with Gasteiger partial charge in [0.25, 0.3) is 0 Å². The molecule has 4 rings (SSSR count). The van der Waals surface area contributed by atoms with E-state index in [-0.39, 0.29) is 17.8 Å². The van der Waals surface area contributed by atoms with Gasteiger partial charge in [-0.15, -0.1) is 0 Å². The highest BCUT2D eigenvalue weighted by Gasteiger charge is 2.39. The maximum Gasteiger partial charge on any atom is 0.123 e. The van der Waals surface area contributed by atoms with Gasteiger partial charge in [-0.1, -0.05) is 12.0 Å². The lowest BCUT2D eigenvalue weighted by atomic mass is 9.65. The lowest BCUT2D eigenvalue weighted by Gasteiger charge is -2.40. The second-order valence-electron chi connectivity index (χ2n) is 6.44. The van der Waals surface area contributed by atoms with E-state index >= 15 is 0 Å². The molecular formula is C18H19FN2O. The molecule has 0 saturated heterocycles. The number of rotatable bonds is 2. The van der Waals surface area contributed by atoms with Crippen molar-refractivity contribution in [2.24, 2.45) is 5.41 Å². The molecule has 1 aromatic carbocycles. The number of fused-ring (bicyclic) bond motifs is 2. The van der Waals surface area contributed by atoms with E-state index < -0.39 is 0 Å². The summed E-state index contributed by atoms with van der Waals surface area (Å²) in [6.07, 6.45) is 9.41. The largest absolute Gasteiger partial charge is 0.395 e. The summed E-state index contributed by atoms with van der Waals surface area (Å²) in [6.45, 7) is 0.208. The molecule has 1 N–H and O–H groups in total. The predicted octanol–water partition coefficient (Wildman–Crippen LogP) is 3.50. The van der Waals surface area contributed by atoms with Crippen molar-refractivity contribution in [2.75, 3.05) is 6.61 Å². The standard InChI is InChI=1S/C18H19FN2O/c19-15-4-6-16(7-5-15)21-17-9-14-3-1-2-8-18(14,12-22)10-13(17)11-20-21/h4-7,9,11,22H,1-3,8,10,12H2. The van der Waals surface area contributed by atoms with Crippen LogP contribution in [0.2, 0.25) is 0 Å². The van der Waals surface area contributed by atoms with Crippen LogP contribution in [0.15, 0.2) is 36.0 Å². The van der Waals surface area contributed by atoms with Crippen molar-refractivity contribution in [1.29, 1.82) is 0 Å². The molecule has 0 spiro atoms. The van der Waals surface area contributed by atoms with Crippen LogP contribution in [0.25, 0.3) is 11.8 Å². The van der Waals surface area contributed by atoms with Gasteiger partial charge in [0.05, 0.1) is 24.2 Å². The maximum atomic E-state index is 13.1. The molecule has 3 nitrogen and oxygen atoms in total. The Morgan fingerprint density at radius 3 is 2.82 bits per heavy atom. The summed E-state index contributed by atoms with van der Waals surface area (Å²) in [4.78, 5) is 0. The van der Waals surface area contributed by atoms with Gasteiger partial charge in [-0.25, -0.2) is 9.07 Å². The first kappa shape index (κ1) is 13.7. The van der Waals surface area contributed by atoms with Gasteiger partial charge in [-0.3, -0.25) is 0 Å². The van der Waals surface area contributed by atoms with Crippen molar-refractivity contribution in [3.05, 3.63) is 53.1 Å². The lowest BCUT2D eigenvalue weighted by Crippen LogP contribution is -2.35. The first-order chi connectivity index (χ1) is 10.7. The predicted molar refractivity (Wildman–Crippen MR) is 83.2 cm³/mol. The van der Waals surface area contributed by atoms with E-state index in [1.165, 1.54) is 36.1 Å². The smallest absolute Gasteiger partial charge is 0.123 e. The Kier molecular flexibility index (Phi) is 3.15. The average Bonchev–Trinajstić information content (AvgIpc) is 2.95. The molecule has 1 aromatic heterocycles. The summed E-state index contributed by atoms with van der Waals surface area (Å²) in [5.74, 6) is -0.241. The first-order valence-electron chi connectivity index (χ1n) is 7.87. The van der Waals surface area contributed by atoms with Crippen molar-refractivity contribution >= 4 is 6.08 Å². The van der Waals surface area contributed by atoms with Crippen LogP contribution in [-0.2, 0) is 6.42 Å². The first-order valence-corrected chi connectivity index (χ1v) is 7.87. The SMILES string of the molecule is OCC12CCCCC1=Cc1c(cnn1-c1ccc(F)cc1)C2. The van der Waals surface area contributed by atoms with Gasteiger partial charge in [0.15, 0.2) is 0 Å². The van der Waals surface area contributed by atoms with Crippen LogP contribution in [-0.4, -0.2) is 21.5 Å². The third-order valence-corrected chi connectivity index (χ3v) is 5.13. The highest BCUT2D eigenvalue weighted by molar-refractivity contribution is 5.61. The van der Waals surface area contributed by atoms with Gasteiger partial charge in [0.2, 0.25) is 0 Å². The van der Waals surface area contributed by atoms with Crippen molar-refractivity contribution in [3.8, 4) is 5.69 Å². The molecular weight excluding hydrogens is 279 g/mol. The summed E-state index contributed by atoms with van der Waals surface area (Å²) in [7, 11) is 0. The Hall–Kier alpha value is -1.94. The number of aliphatic hydroxyl groups is 1. The molecule has 22 heavy (non-hydrogen) atoms. The molecule has 1 fully saturated rings. The highest BCUT2D eigenvalue weighted by atomic mass is 19.1. The molecule has 0 amide bonds. The fourth-order valence-corrected chi connectivity index (χ4v) is 3.87. The molecule has 1 atom stereocenters. The fraction of sp³-hybridized carbons (Fsp3) is 0.389. The number of aromatic nitrogens is 2. The molecule has 1 heterocycles. The number of nitrogens with zero attached hydrogens (tertiary/aromatic N) is 2. The monoisotopic (exact) mass is 298 g/mol. The Morgan fingerprint density at radius 1 is 1.23 bits per heavy atom. The molecule has 2 aromatic rings. The van der Waals surface area contributed by atoms with E-state index in [1.807, 2.05) is 10.9 Å². The molecule has 1 saturated carbocycles. The van der Waals surface area contributed by atoms with Crippen LogP contribution in [0.1, 0.15) is 36.9 Å². The van der Waals surface area contributed by atoms with Crippen molar-refractivity contribution < 1.29 is 9.50 Å². The second kappa shape index (κ2) is 5.06. The zero-order chi connectivity index (χ0) is 15.2. The Labute approximate surface area is 129 Å². The van der Waals surface area contributed by atoms with Crippen molar-refractivity contribution in [2.45, 2.75) is 32.1 Å².